The molecule has 0 unspecified atom stereocenters. The van der Waals surface area contributed by atoms with Gasteiger partial charge in [0.1, 0.15) is 0 Å². The van der Waals surface area contributed by atoms with Gasteiger partial charge in [-0.25, -0.2) is 0 Å². The van der Waals surface area contributed by atoms with Gasteiger partial charge in [-0.2, -0.15) is 0 Å². The largest absolute Gasteiger partial charge is 0.324 e. The monoisotopic (exact) mass is 207 g/mol. The lowest BCUT2D eigenvalue weighted by Gasteiger charge is -2.11. The summed E-state index contributed by atoms with van der Waals surface area (Å²) in [4.78, 5) is 1.27. The third-order valence-electron chi connectivity index (χ3n) is 2.11. The van der Waals surface area contributed by atoms with Crippen molar-refractivity contribution in [1.29, 1.82) is 0 Å². The Bertz CT molecular complexity index is 303. The summed E-state index contributed by atoms with van der Waals surface area (Å²) in [5, 5.41) is 0. The first-order valence-corrected chi connectivity index (χ1v) is 5.90. The van der Waals surface area contributed by atoms with Gasteiger partial charge in [0.15, 0.2) is 0 Å². The molecule has 1 nitrogen and oxygen atoms in total. The number of nitrogens with two attached hydrogens (primary N) is 1. The highest BCUT2D eigenvalue weighted by Gasteiger charge is 2.05. The van der Waals surface area contributed by atoms with Crippen molar-refractivity contribution >= 4 is 11.8 Å². The summed E-state index contributed by atoms with van der Waals surface area (Å²) in [7, 11) is 0. The highest BCUT2D eigenvalue weighted by atomic mass is 32.2. The van der Waals surface area contributed by atoms with E-state index in [0.29, 0.717) is 0 Å². The fraction of sp³-hybridized carbons (Fsp3) is 0.333. The van der Waals surface area contributed by atoms with Crippen LogP contribution in [0.4, 0.5) is 0 Å². The van der Waals surface area contributed by atoms with Crippen LogP contribution in [0.2, 0.25) is 0 Å². The van der Waals surface area contributed by atoms with Gasteiger partial charge in [-0.05, 0) is 37.3 Å². The second-order valence-electron chi connectivity index (χ2n) is 3.54. The molecule has 14 heavy (non-hydrogen) atoms. The zero-order chi connectivity index (χ0) is 10.6. The zero-order valence-corrected chi connectivity index (χ0v) is 9.60. The van der Waals surface area contributed by atoms with Gasteiger partial charge in [-0.3, -0.25) is 0 Å². The van der Waals surface area contributed by atoms with Crippen molar-refractivity contribution in [1.82, 2.24) is 0 Å². The molecule has 1 rings (SSSR count). The van der Waals surface area contributed by atoms with E-state index < -0.39 is 0 Å². The molecule has 0 spiro atoms. The van der Waals surface area contributed by atoms with E-state index in [4.69, 9.17) is 5.73 Å². The molecule has 0 aliphatic rings. The van der Waals surface area contributed by atoms with Crippen molar-refractivity contribution in [2.75, 3.05) is 6.26 Å². The van der Waals surface area contributed by atoms with Crippen LogP contribution in [0.15, 0.2) is 41.3 Å². The molecule has 2 heteroatoms. The van der Waals surface area contributed by atoms with Crippen molar-refractivity contribution in [2.24, 2.45) is 5.73 Å². The van der Waals surface area contributed by atoms with E-state index in [1.54, 1.807) is 11.8 Å². The Morgan fingerprint density at radius 2 is 2.00 bits per heavy atom. The number of hydrogen-bond acceptors (Lipinski definition) is 2. The summed E-state index contributed by atoms with van der Waals surface area (Å²) in [6.45, 7) is 5.88. The van der Waals surface area contributed by atoms with Gasteiger partial charge in [-0.1, -0.05) is 17.7 Å². The highest BCUT2D eigenvalue weighted by molar-refractivity contribution is 7.98. The van der Waals surface area contributed by atoms with Crippen molar-refractivity contribution in [3.05, 3.63) is 42.0 Å². The summed E-state index contributed by atoms with van der Waals surface area (Å²) in [5.41, 5.74) is 8.34. The van der Waals surface area contributed by atoms with Crippen LogP contribution in [0.25, 0.3) is 0 Å². The standard InChI is InChI=1S/C12H17NS/c1-9(2)8-12(13)10-4-6-11(14-3)7-5-10/h4-7,12H,1,8,13H2,2-3H3/t12-/m1/s1. The summed E-state index contributed by atoms with van der Waals surface area (Å²) >= 11 is 1.74. The van der Waals surface area contributed by atoms with Crippen LogP contribution in [-0.2, 0) is 0 Å². The molecule has 76 valence electrons. The van der Waals surface area contributed by atoms with Gasteiger partial charge in [0.2, 0.25) is 0 Å². The second-order valence-corrected chi connectivity index (χ2v) is 4.42. The lowest BCUT2D eigenvalue weighted by Crippen LogP contribution is -2.10. The maximum Gasteiger partial charge on any atom is 0.0332 e. The molecule has 1 atom stereocenters. The SMILES string of the molecule is C=C(C)C[C@@H](N)c1ccc(SC)cc1. The van der Waals surface area contributed by atoms with Crippen molar-refractivity contribution in [2.45, 2.75) is 24.3 Å². The lowest BCUT2D eigenvalue weighted by molar-refractivity contribution is 0.716. The number of thioether (sulfide) groups is 1. The molecule has 0 saturated heterocycles. The minimum atomic E-state index is 0.0865. The number of benzene rings is 1. The summed E-state index contributed by atoms with van der Waals surface area (Å²) in [5.74, 6) is 0. The van der Waals surface area contributed by atoms with E-state index in [0.717, 1.165) is 12.0 Å². The van der Waals surface area contributed by atoms with Crippen LogP contribution in [0.3, 0.4) is 0 Å². The fourth-order valence-corrected chi connectivity index (χ4v) is 1.75. The third-order valence-corrected chi connectivity index (χ3v) is 2.86. The van der Waals surface area contributed by atoms with E-state index in [1.165, 1.54) is 10.5 Å². The quantitative estimate of drug-likeness (QED) is 0.605. The normalized spacial score (nSPS) is 12.5. The Labute approximate surface area is 90.4 Å². The summed E-state index contributed by atoms with van der Waals surface area (Å²) in [6.07, 6.45) is 2.93. The van der Waals surface area contributed by atoms with Crippen LogP contribution in [0.5, 0.6) is 0 Å². The Morgan fingerprint density at radius 1 is 1.43 bits per heavy atom. The first-order valence-electron chi connectivity index (χ1n) is 4.67. The van der Waals surface area contributed by atoms with Gasteiger partial charge < -0.3 is 5.73 Å². The van der Waals surface area contributed by atoms with E-state index in [2.05, 4.69) is 37.1 Å². The lowest BCUT2D eigenvalue weighted by atomic mass is 10.0. The smallest absolute Gasteiger partial charge is 0.0332 e. The number of rotatable bonds is 4. The maximum absolute atomic E-state index is 6.02. The molecule has 1 aromatic rings. The second kappa shape index (κ2) is 5.23. The third kappa shape index (κ3) is 3.20. The van der Waals surface area contributed by atoms with E-state index >= 15 is 0 Å². The Balaban J connectivity index is 2.71. The van der Waals surface area contributed by atoms with Crippen molar-refractivity contribution in [3.8, 4) is 0 Å². The summed E-state index contributed by atoms with van der Waals surface area (Å²) < 4.78 is 0. The van der Waals surface area contributed by atoms with E-state index in [-0.39, 0.29) is 6.04 Å². The summed E-state index contributed by atoms with van der Waals surface area (Å²) in [6, 6.07) is 8.50. The average molecular weight is 207 g/mol. The molecule has 0 saturated carbocycles. The molecule has 0 aliphatic carbocycles. The van der Waals surface area contributed by atoms with Crippen LogP contribution >= 0.6 is 11.8 Å². The zero-order valence-electron chi connectivity index (χ0n) is 8.79. The van der Waals surface area contributed by atoms with E-state index in [9.17, 15) is 0 Å². The van der Waals surface area contributed by atoms with Gasteiger partial charge in [0.25, 0.3) is 0 Å². The topological polar surface area (TPSA) is 26.0 Å². The highest BCUT2D eigenvalue weighted by Crippen LogP contribution is 2.21. The minimum absolute atomic E-state index is 0.0865. The predicted molar refractivity (Wildman–Crippen MR) is 64.6 cm³/mol. The maximum atomic E-state index is 6.02. The molecule has 0 fully saturated rings. The van der Waals surface area contributed by atoms with Crippen LogP contribution in [-0.4, -0.2) is 6.26 Å². The van der Waals surface area contributed by atoms with Gasteiger partial charge in [-0.15, -0.1) is 18.3 Å². The molecular weight excluding hydrogens is 190 g/mol. The predicted octanol–water partition coefficient (Wildman–Crippen LogP) is 3.37. The first kappa shape index (κ1) is 11.3. The fourth-order valence-electron chi connectivity index (χ4n) is 1.34. The molecule has 0 aliphatic heterocycles. The molecule has 2 N–H and O–H groups in total. The first-order chi connectivity index (χ1) is 6.63. The molecule has 1 aromatic carbocycles. The van der Waals surface area contributed by atoms with Crippen LogP contribution in [0, 0.1) is 0 Å². The van der Waals surface area contributed by atoms with E-state index in [1.807, 2.05) is 6.92 Å². The Kier molecular flexibility index (Phi) is 4.23. The van der Waals surface area contributed by atoms with Gasteiger partial charge >= 0.3 is 0 Å². The minimum Gasteiger partial charge on any atom is -0.324 e. The Morgan fingerprint density at radius 3 is 2.43 bits per heavy atom. The molecule has 0 aromatic heterocycles. The Hall–Kier alpha value is -0.730. The average Bonchev–Trinajstić information content (AvgIpc) is 2.17. The van der Waals surface area contributed by atoms with Crippen LogP contribution in [0.1, 0.15) is 24.9 Å². The molecule has 0 heterocycles. The van der Waals surface area contributed by atoms with Gasteiger partial charge in [0, 0.05) is 10.9 Å². The van der Waals surface area contributed by atoms with Crippen molar-refractivity contribution in [3.63, 3.8) is 0 Å². The molecule has 0 bridgehead atoms. The molecule has 0 radical (unpaired) electrons. The van der Waals surface area contributed by atoms with Crippen molar-refractivity contribution < 1.29 is 0 Å². The molecular formula is C12H17NS. The van der Waals surface area contributed by atoms with Gasteiger partial charge in [0.05, 0.1) is 0 Å². The number of hydrogen-bond donors (Lipinski definition) is 1. The molecule has 0 amide bonds. The van der Waals surface area contributed by atoms with Crippen LogP contribution < -0.4 is 5.73 Å².